The molecular weight excluding hydrogens is 270 g/mol. The van der Waals surface area contributed by atoms with Gasteiger partial charge >= 0.3 is 5.97 Å². The second kappa shape index (κ2) is 6.26. The summed E-state index contributed by atoms with van der Waals surface area (Å²) in [7, 11) is 1.60. The Morgan fingerprint density at radius 2 is 2.14 bits per heavy atom. The summed E-state index contributed by atoms with van der Waals surface area (Å²) in [6, 6.07) is 7.16. The molecule has 1 aromatic rings. The molecule has 1 amide bonds. The van der Waals surface area contributed by atoms with Crippen LogP contribution in [0.5, 0.6) is 0 Å². The molecule has 114 valence electrons. The lowest BCUT2D eigenvalue weighted by Crippen LogP contribution is -2.57. The summed E-state index contributed by atoms with van der Waals surface area (Å²) >= 11 is 0. The average molecular weight is 291 g/mol. The minimum Gasteiger partial charge on any atom is -0.480 e. The number of likely N-dealkylation sites (tertiary alicyclic amines) is 1. The summed E-state index contributed by atoms with van der Waals surface area (Å²) in [4.78, 5) is 25.8. The lowest BCUT2D eigenvalue weighted by Gasteiger charge is -2.41. The van der Waals surface area contributed by atoms with E-state index in [0.717, 1.165) is 18.4 Å². The highest BCUT2D eigenvalue weighted by Gasteiger charge is 2.44. The van der Waals surface area contributed by atoms with E-state index in [2.05, 4.69) is 0 Å². The van der Waals surface area contributed by atoms with Gasteiger partial charge in [0.25, 0.3) is 5.91 Å². The number of carboxylic acids is 1. The van der Waals surface area contributed by atoms with Crippen molar-refractivity contribution in [1.82, 2.24) is 4.90 Å². The molecule has 1 unspecified atom stereocenters. The zero-order valence-corrected chi connectivity index (χ0v) is 12.5. The number of hydrogen-bond acceptors (Lipinski definition) is 3. The van der Waals surface area contributed by atoms with Crippen LogP contribution in [-0.2, 0) is 16.1 Å². The van der Waals surface area contributed by atoms with Gasteiger partial charge in [-0.15, -0.1) is 0 Å². The number of ether oxygens (including phenoxy) is 1. The molecule has 0 saturated carbocycles. The lowest BCUT2D eigenvalue weighted by molar-refractivity contribution is -0.150. The van der Waals surface area contributed by atoms with E-state index in [0.29, 0.717) is 25.1 Å². The first kappa shape index (κ1) is 15.5. The standard InChI is InChI=1S/C16H21NO4/c1-16(15(19)20)8-3-4-9-17(16)14(18)13-7-5-6-12(10-13)11-21-2/h5-7,10H,3-4,8-9,11H2,1-2H3,(H,19,20). The highest BCUT2D eigenvalue weighted by Crippen LogP contribution is 2.30. The molecule has 0 aromatic heterocycles. The van der Waals surface area contributed by atoms with Gasteiger partial charge in [-0.1, -0.05) is 12.1 Å². The van der Waals surface area contributed by atoms with E-state index in [1.54, 1.807) is 32.2 Å². The molecule has 0 aliphatic carbocycles. The molecule has 0 radical (unpaired) electrons. The van der Waals surface area contributed by atoms with Crippen molar-refractivity contribution in [2.75, 3.05) is 13.7 Å². The van der Waals surface area contributed by atoms with Gasteiger partial charge in [-0.05, 0) is 43.9 Å². The first-order valence-electron chi connectivity index (χ1n) is 7.12. The van der Waals surface area contributed by atoms with E-state index in [1.807, 2.05) is 6.07 Å². The van der Waals surface area contributed by atoms with Crippen LogP contribution in [0.25, 0.3) is 0 Å². The molecule has 1 atom stereocenters. The number of carboxylic acid groups (broad SMARTS) is 1. The molecule has 5 heteroatoms. The summed E-state index contributed by atoms with van der Waals surface area (Å²) in [5.41, 5.74) is 0.295. The molecule has 1 saturated heterocycles. The second-order valence-corrected chi connectivity index (χ2v) is 5.63. The van der Waals surface area contributed by atoms with Gasteiger partial charge in [-0.25, -0.2) is 4.79 Å². The third-order valence-electron chi connectivity index (χ3n) is 4.08. The molecule has 21 heavy (non-hydrogen) atoms. The number of carbonyl (C=O) groups is 2. The van der Waals surface area contributed by atoms with Crippen molar-refractivity contribution < 1.29 is 19.4 Å². The van der Waals surface area contributed by atoms with Crippen molar-refractivity contribution in [1.29, 1.82) is 0 Å². The van der Waals surface area contributed by atoms with Crippen LogP contribution in [0.15, 0.2) is 24.3 Å². The smallest absolute Gasteiger partial charge is 0.329 e. The van der Waals surface area contributed by atoms with Gasteiger partial charge in [0.05, 0.1) is 6.61 Å². The van der Waals surface area contributed by atoms with Crippen LogP contribution in [-0.4, -0.2) is 41.1 Å². The van der Waals surface area contributed by atoms with Crippen LogP contribution in [0.4, 0.5) is 0 Å². The van der Waals surface area contributed by atoms with E-state index in [9.17, 15) is 14.7 Å². The number of amides is 1. The molecule has 0 spiro atoms. The predicted molar refractivity (Wildman–Crippen MR) is 78.1 cm³/mol. The van der Waals surface area contributed by atoms with E-state index in [4.69, 9.17) is 4.74 Å². The third-order valence-corrected chi connectivity index (χ3v) is 4.08. The molecular formula is C16H21NO4. The van der Waals surface area contributed by atoms with Crippen molar-refractivity contribution in [2.24, 2.45) is 0 Å². The fraction of sp³-hybridized carbons (Fsp3) is 0.500. The Morgan fingerprint density at radius 3 is 2.81 bits per heavy atom. The normalized spacial score (nSPS) is 22.1. The summed E-state index contributed by atoms with van der Waals surface area (Å²) in [5.74, 6) is -1.17. The Bertz CT molecular complexity index is 543. The average Bonchev–Trinajstić information content (AvgIpc) is 2.47. The Labute approximate surface area is 124 Å². The summed E-state index contributed by atoms with van der Waals surface area (Å²) in [5, 5.41) is 9.49. The van der Waals surface area contributed by atoms with Gasteiger partial charge in [0.15, 0.2) is 0 Å². The maximum Gasteiger partial charge on any atom is 0.329 e. The molecule has 5 nitrogen and oxygen atoms in total. The topological polar surface area (TPSA) is 66.8 Å². The number of piperidine rings is 1. The van der Waals surface area contributed by atoms with Crippen LogP contribution < -0.4 is 0 Å². The van der Waals surface area contributed by atoms with Crippen molar-refractivity contribution >= 4 is 11.9 Å². The zero-order valence-electron chi connectivity index (χ0n) is 12.5. The van der Waals surface area contributed by atoms with Crippen molar-refractivity contribution in [3.05, 3.63) is 35.4 Å². The number of aliphatic carboxylic acids is 1. The maximum atomic E-state index is 12.7. The Morgan fingerprint density at radius 1 is 1.38 bits per heavy atom. The monoisotopic (exact) mass is 291 g/mol. The largest absolute Gasteiger partial charge is 0.480 e. The van der Waals surface area contributed by atoms with Crippen molar-refractivity contribution in [3.63, 3.8) is 0 Å². The van der Waals surface area contributed by atoms with Gasteiger partial charge < -0.3 is 14.7 Å². The van der Waals surface area contributed by atoms with Gasteiger partial charge in [0.1, 0.15) is 5.54 Å². The first-order chi connectivity index (χ1) is 9.99. The molecule has 1 heterocycles. The third kappa shape index (κ3) is 3.08. The first-order valence-corrected chi connectivity index (χ1v) is 7.12. The number of carbonyl (C=O) groups excluding carboxylic acids is 1. The Balaban J connectivity index is 2.29. The van der Waals surface area contributed by atoms with Crippen LogP contribution >= 0.6 is 0 Å². The van der Waals surface area contributed by atoms with Crippen LogP contribution in [0.2, 0.25) is 0 Å². The van der Waals surface area contributed by atoms with Crippen LogP contribution in [0.3, 0.4) is 0 Å². The summed E-state index contributed by atoms with van der Waals surface area (Å²) in [6.07, 6.45) is 2.16. The van der Waals surface area contributed by atoms with Crippen molar-refractivity contribution in [2.45, 2.75) is 38.3 Å². The lowest BCUT2D eigenvalue weighted by atomic mass is 9.87. The number of hydrogen-bond donors (Lipinski definition) is 1. The molecule has 1 fully saturated rings. The molecule has 2 rings (SSSR count). The molecule has 1 N–H and O–H groups in total. The highest BCUT2D eigenvalue weighted by atomic mass is 16.5. The van der Waals surface area contributed by atoms with Crippen LogP contribution in [0.1, 0.15) is 42.1 Å². The maximum absolute atomic E-state index is 12.7. The zero-order chi connectivity index (χ0) is 15.5. The Kier molecular flexibility index (Phi) is 4.63. The summed E-state index contributed by atoms with van der Waals surface area (Å²) < 4.78 is 5.07. The van der Waals surface area contributed by atoms with E-state index >= 15 is 0 Å². The quantitative estimate of drug-likeness (QED) is 0.924. The number of benzene rings is 1. The second-order valence-electron chi connectivity index (χ2n) is 5.63. The summed E-state index contributed by atoms with van der Waals surface area (Å²) in [6.45, 7) is 2.54. The fourth-order valence-electron chi connectivity index (χ4n) is 2.79. The van der Waals surface area contributed by atoms with E-state index in [-0.39, 0.29) is 5.91 Å². The number of rotatable bonds is 4. The van der Waals surface area contributed by atoms with Gasteiger partial charge in [-0.2, -0.15) is 0 Å². The van der Waals surface area contributed by atoms with Gasteiger partial charge in [0.2, 0.25) is 0 Å². The fourth-order valence-corrected chi connectivity index (χ4v) is 2.79. The predicted octanol–water partition coefficient (Wildman–Crippen LogP) is 2.30. The Hall–Kier alpha value is -1.88. The van der Waals surface area contributed by atoms with E-state index in [1.165, 1.54) is 4.90 Å². The van der Waals surface area contributed by atoms with Gasteiger partial charge in [0, 0.05) is 19.2 Å². The molecule has 0 bridgehead atoms. The minimum absolute atomic E-state index is 0.224. The number of methoxy groups -OCH3 is 1. The highest BCUT2D eigenvalue weighted by molar-refractivity contribution is 5.98. The SMILES string of the molecule is COCc1cccc(C(=O)N2CCCCC2(C)C(=O)O)c1. The minimum atomic E-state index is -1.12. The molecule has 1 aliphatic heterocycles. The van der Waals surface area contributed by atoms with Gasteiger partial charge in [-0.3, -0.25) is 4.79 Å². The molecule has 1 aromatic carbocycles. The number of nitrogens with zero attached hydrogens (tertiary/aromatic N) is 1. The van der Waals surface area contributed by atoms with Crippen LogP contribution in [0, 0.1) is 0 Å². The van der Waals surface area contributed by atoms with Crippen molar-refractivity contribution in [3.8, 4) is 0 Å². The van der Waals surface area contributed by atoms with E-state index < -0.39 is 11.5 Å². The molecule has 1 aliphatic rings.